The van der Waals surface area contributed by atoms with E-state index in [1.165, 1.54) is 0 Å². The third-order valence-electron chi connectivity index (χ3n) is 4.69. The first-order valence-electron chi connectivity index (χ1n) is 8.44. The zero-order valence-corrected chi connectivity index (χ0v) is 13.8. The molecule has 1 N–H and O–H groups in total. The summed E-state index contributed by atoms with van der Waals surface area (Å²) < 4.78 is 0. The van der Waals surface area contributed by atoms with E-state index in [0.717, 1.165) is 49.1 Å². The number of aromatic nitrogens is 2. The fraction of sp³-hybridized carbons (Fsp3) is 0.500. The molecule has 1 aromatic carbocycles. The number of fused-ring (bicyclic) bond motifs is 1. The Morgan fingerprint density at radius 3 is 2.78 bits per heavy atom. The Balaban J connectivity index is 1.68. The van der Waals surface area contributed by atoms with Crippen molar-refractivity contribution in [1.82, 2.24) is 15.3 Å². The Labute approximate surface area is 137 Å². The van der Waals surface area contributed by atoms with Crippen LogP contribution in [0.3, 0.4) is 0 Å². The molecule has 5 heteroatoms. The number of carbonyl (C=O) groups is 1. The minimum Gasteiger partial charge on any atom is -0.356 e. The molecule has 1 atom stereocenters. The minimum absolute atomic E-state index is 0.119. The van der Waals surface area contributed by atoms with Crippen LogP contribution in [0.4, 0.5) is 5.82 Å². The van der Waals surface area contributed by atoms with Crippen LogP contribution >= 0.6 is 0 Å². The summed E-state index contributed by atoms with van der Waals surface area (Å²) >= 11 is 0. The molecular formula is C18H24N4O. The third-order valence-corrected chi connectivity index (χ3v) is 4.69. The number of piperidine rings is 1. The number of amides is 1. The van der Waals surface area contributed by atoms with E-state index in [0.29, 0.717) is 0 Å². The predicted octanol–water partition coefficient (Wildman–Crippen LogP) is 2.76. The lowest BCUT2D eigenvalue weighted by Gasteiger charge is -2.33. The fourth-order valence-electron chi connectivity index (χ4n) is 3.06. The van der Waals surface area contributed by atoms with Gasteiger partial charge < -0.3 is 10.2 Å². The van der Waals surface area contributed by atoms with Gasteiger partial charge in [0, 0.05) is 30.4 Å². The Bertz CT molecular complexity index is 674. The van der Waals surface area contributed by atoms with Crippen LogP contribution in [0, 0.1) is 5.92 Å². The van der Waals surface area contributed by atoms with E-state index in [-0.39, 0.29) is 17.9 Å². The molecular weight excluding hydrogens is 288 g/mol. The topological polar surface area (TPSA) is 58.1 Å². The van der Waals surface area contributed by atoms with Gasteiger partial charge in [0.25, 0.3) is 0 Å². The predicted molar refractivity (Wildman–Crippen MR) is 92.4 cm³/mol. The number of hydrogen-bond donors (Lipinski definition) is 1. The first-order valence-corrected chi connectivity index (χ1v) is 8.44. The second kappa shape index (κ2) is 6.94. The Hall–Kier alpha value is -2.17. The van der Waals surface area contributed by atoms with E-state index >= 15 is 0 Å². The number of rotatable bonds is 4. The highest BCUT2D eigenvalue weighted by molar-refractivity contribution is 5.89. The van der Waals surface area contributed by atoms with Gasteiger partial charge in [-0.15, -0.1) is 0 Å². The molecule has 1 aliphatic rings. The Morgan fingerprint density at radius 1 is 1.30 bits per heavy atom. The van der Waals surface area contributed by atoms with Gasteiger partial charge in [-0.3, -0.25) is 4.79 Å². The maximum atomic E-state index is 12.3. The molecule has 0 spiro atoms. The Morgan fingerprint density at radius 2 is 2.04 bits per heavy atom. The largest absolute Gasteiger partial charge is 0.356 e. The molecule has 1 aromatic heterocycles. The van der Waals surface area contributed by atoms with Gasteiger partial charge in [-0.2, -0.15) is 0 Å². The number of anilines is 1. The average molecular weight is 312 g/mol. The zero-order chi connectivity index (χ0) is 16.2. The maximum Gasteiger partial charge on any atom is 0.223 e. The molecule has 122 valence electrons. The van der Waals surface area contributed by atoms with Gasteiger partial charge in [-0.05, 0) is 38.3 Å². The molecule has 0 radical (unpaired) electrons. The lowest BCUT2D eigenvalue weighted by atomic mass is 9.95. The molecule has 5 nitrogen and oxygen atoms in total. The monoisotopic (exact) mass is 312 g/mol. The second-order valence-corrected chi connectivity index (χ2v) is 6.29. The van der Waals surface area contributed by atoms with Crippen molar-refractivity contribution in [3.05, 3.63) is 30.6 Å². The summed E-state index contributed by atoms with van der Waals surface area (Å²) in [5, 5.41) is 4.18. The molecule has 1 aliphatic heterocycles. The highest BCUT2D eigenvalue weighted by Crippen LogP contribution is 2.27. The smallest absolute Gasteiger partial charge is 0.223 e. The summed E-state index contributed by atoms with van der Waals surface area (Å²) in [6.45, 7) is 5.87. The Kier molecular flexibility index (Phi) is 4.74. The van der Waals surface area contributed by atoms with Gasteiger partial charge in [0.1, 0.15) is 12.1 Å². The lowest BCUT2D eigenvalue weighted by molar-refractivity contribution is -0.126. The number of para-hydroxylation sites is 1. The fourth-order valence-corrected chi connectivity index (χ4v) is 3.06. The van der Waals surface area contributed by atoms with Crippen LogP contribution in [0.5, 0.6) is 0 Å². The second-order valence-electron chi connectivity index (χ2n) is 6.29. The van der Waals surface area contributed by atoms with Crippen molar-refractivity contribution in [3.63, 3.8) is 0 Å². The molecule has 2 heterocycles. The first kappa shape index (κ1) is 15.7. The van der Waals surface area contributed by atoms with E-state index in [1.807, 2.05) is 18.2 Å². The zero-order valence-electron chi connectivity index (χ0n) is 13.8. The number of nitrogens with zero attached hydrogens (tertiary/aromatic N) is 3. The number of hydrogen-bond acceptors (Lipinski definition) is 4. The van der Waals surface area contributed by atoms with E-state index in [9.17, 15) is 4.79 Å². The van der Waals surface area contributed by atoms with Crippen LogP contribution in [0.25, 0.3) is 10.9 Å². The van der Waals surface area contributed by atoms with E-state index in [2.05, 4.69) is 40.1 Å². The summed E-state index contributed by atoms with van der Waals surface area (Å²) in [7, 11) is 0. The molecule has 1 fully saturated rings. The number of carbonyl (C=O) groups excluding carboxylic acids is 1. The van der Waals surface area contributed by atoms with Crippen molar-refractivity contribution >= 4 is 22.6 Å². The lowest BCUT2D eigenvalue weighted by Crippen LogP contribution is -2.43. The van der Waals surface area contributed by atoms with Crippen LogP contribution in [0.1, 0.15) is 33.1 Å². The number of nitrogens with one attached hydrogen (secondary N) is 1. The highest BCUT2D eigenvalue weighted by atomic mass is 16.1. The molecule has 1 amide bonds. The van der Waals surface area contributed by atoms with Crippen molar-refractivity contribution < 1.29 is 4.79 Å². The maximum absolute atomic E-state index is 12.3. The summed E-state index contributed by atoms with van der Waals surface area (Å²) in [4.78, 5) is 23.3. The van der Waals surface area contributed by atoms with Crippen LogP contribution in [-0.4, -0.2) is 35.0 Å². The van der Waals surface area contributed by atoms with Gasteiger partial charge in [-0.25, -0.2) is 9.97 Å². The van der Waals surface area contributed by atoms with Crippen LogP contribution in [0.15, 0.2) is 30.6 Å². The average Bonchev–Trinajstić information content (AvgIpc) is 2.61. The molecule has 1 unspecified atom stereocenters. The van der Waals surface area contributed by atoms with Crippen molar-refractivity contribution in [2.24, 2.45) is 5.92 Å². The molecule has 2 aromatic rings. The number of benzene rings is 1. The van der Waals surface area contributed by atoms with E-state index in [4.69, 9.17) is 0 Å². The van der Waals surface area contributed by atoms with Gasteiger partial charge in [0.05, 0.1) is 5.52 Å². The van der Waals surface area contributed by atoms with Crippen molar-refractivity contribution in [2.75, 3.05) is 18.0 Å². The van der Waals surface area contributed by atoms with Crippen molar-refractivity contribution in [3.8, 4) is 0 Å². The molecule has 23 heavy (non-hydrogen) atoms. The van der Waals surface area contributed by atoms with Crippen molar-refractivity contribution in [2.45, 2.75) is 39.2 Å². The van der Waals surface area contributed by atoms with E-state index < -0.39 is 0 Å². The normalized spacial score (nSPS) is 17.2. The van der Waals surface area contributed by atoms with Crippen LogP contribution < -0.4 is 10.2 Å². The van der Waals surface area contributed by atoms with Crippen molar-refractivity contribution in [1.29, 1.82) is 0 Å². The SMILES string of the molecule is CCC(C)NC(=O)C1CCN(c2ncnc3ccccc23)CC1. The summed E-state index contributed by atoms with van der Waals surface area (Å²) in [5.74, 6) is 1.30. The van der Waals surface area contributed by atoms with Gasteiger partial charge in [0.2, 0.25) is 5.91 Å². The summed E-state index contributed by atoms with van der Waals surface area (Å²) in [6, 6.07) is 8.33. The van der Waals surface area contributed by atoms with Crippen LogP contribution in [0.2, 0.25) is 0 Å². The molecule has 0 bridgehead atoms. The van der Waals surface area contributed by atoms with Crippen LogP contribution in [-0.2, 0) is 4.79 Å². The highest BCUT2D eigenvalue weighted by Gasteiger charge is 2.26. The molecule has 0 aliphatic carbocycles. The van der Waals surface area contributed by atoms with E-state index in [1.54, 1.807) is 6.33 Å². The summed E-state index contributed by atoms with van der Waals surface area (Å²) in [5.41, 5.74) is 0.967. The third kappa shape index (κ3) is 3.44. The molecule has 3 rings (SSSR count). The van der Waals surface area contributed by atoms with Gasteiger partial charge in [0.15, 0.2) is 0 Å². The van der Waals surface area contributed by atoms with Gasteiger partial charge >= 0.3 is 0 Å². The van der Waals surface area contributed by atoms with Gasteiger partial charge in [-0.1, -0.05) is 19.1 Å². The molecule has 1 saturated heterocycles. The quantitative estimate of drug-likeness (QED) is 0.943. The first-order chi connectivity index (χ1) is 11.2. The standard InChI is InChI=1S/C18H24N4O/c1-3-13(2)21-18(23)14-8-10-22(11-9-14)17-15-6-4-5-7-16(15)19-12-20-17/h4-7,12-14H,3,8-11H2,1-2H3,(H,21,23). The minimum atomic E-state index is 0.119. The summed E-state index contributed by atoms with van der Waals surface area (Å²) in [6.07, 6.45) is 4.35. The molecule has 0 saturated carbocycles.